The number of hydrogen-bond acceptors (Lipinski definition) is 3. The Morgan fingerprint density at radius 1 is 1.30 bits per heavy atom. The van der Waals surface area contributed by atoms with Crippen molar-refractivity contribution in [3.05, 3.63) is 21.5 Å². The molecule has 0 bridgehead atoms. The summed E-state index contributed by atoms with van der Waals surface area (Å²) in [5, 5.41) is 10.3. The molecule has 1 heterocycles. The van der Waals surface area contributed by atoms with E-state index in [4.69, 9.17) is 0 Å². The van der Waals surface area contributed by atoms with Crippen LogP contribution in [0.3, 0.4) is 0 Å². The Hall–Kier alpha value is -1.58. The van der Waals surface area contributed by atoms with Crippen molar-refractivity contribution in [3.8, 4) is 5.88 Å². The summed E-state index contributed by atoms with van der Waals surface area (Å²) in [6.45, 7) is 11.9. The second-order valence-corrected chi connectivity index (χ2v) is 5.41. The second kappa shape index (κ2) is 7.27. The number of unbranched alkanes of at least 4 members (excludes halogenated alkanes) is 1. The summed E-state index contributed by atoms with van der Waals surface area (Å²) in [6.07, 6.45) is 4.35. The average Bonchev–Trinajstić information content (AvgIpc) is 2.45. The van der Waals surface area contributed by atoms with E-state index in [-0.39, 0.29) is 11.4 Å². The third-order valence-electron chi connectivity index (χ3n) is 4.09. The fraction of sp³-hybridized carbons (Fsp3) is 0.625. The summed E-state index contributed by atoms with van der Waals surface area (Å²) < 4.78 is 1.45. The van der Waals surface area contributed by atoms with E-state index in [1.54, 1.807) is 13.8 Å². The topological polar surface area (TPSA) is 54.6 Å². The highest BCUT2D eigenvalue weighted by molar-refractivity contribution is 5.59. The maximum atomic E-state index is 12.3. The summed E-state index contributed by atoms with van der Waals surface area (Å²) in [7, 11) is 0. The van der Waals surface area contributed by atoms with Crippen LogP contribution in [-0.2, 0) is 6.54 Å². The van der Waals surface area contributed by atoms with Crippen molar-refractivity contribution < 1.29 is 5.11 Å². The zero-order chi connectivity index (χ0) is 15.3. The first kappa shape index (κ1) is 16.5. The van der Waals surface area contributed by atoms with Crippen LogP contribution in [-0.4, -0.2) is 16.4 Å². The normalized spacial score (nSPS) is 12.4. The number of rotatable bonds is 7. The standard InChI is InChI=1S/C16H26N2O2/c1-6-8-9-13(7-2)10-18-15(19)12(4)11(3)14(17-5)16(18)20/h13,20H,5-10H2,1-4H3. The lowest BCUT2D eigenvalue weighted by atomic mass is 9.99. The lowest BCUT2D eigenvalue weighted by Crippen LogP contribution is -2.26. The highest BCUT2D eigenvalue weighted by Crippen LogP contribution is 2.30. The van der Waals surface area contributed by atoms with E-state index in [1.165, 1.54) is 4.57 Å². The van der Waals surface area contributed by atoms with Crippen LogP contribution in [0.15, 0.2) is 9.79 Å². The van der Waals surface area contributed by atoms with E-state index in [0.29, 0.717) is 29.3 Å². The van der Waals surface area contributed by atoms with E-state index in [1.807, 2.05) is 0 Å². The molecule has 1 N–H and O–H groups in total. The van der Waals surface area contributed by atoms with E-state index in [2.05, 4.69) is 25.6 Å². The van der Waals surface area contributed by atoms with Gasteiger partial charge in [0.05, 0.1) is 0 Å². The van der Waals surface area contributed by atoms with Gasteiger partial charge < -0.3 is 5.11 Å². The van der Waals surface area contributed by atoms with E-state index < -0.39 is 0 Å². The number of pyridine rings is 1. The Bertz CT molecular complexity index is 532. The molecule has 0 amide bonds. The van der Waals surface area contributed by atoms with E-state index >= 15 is 0 Å². The summed E-state index contributed by atoms with van der Waals surface area (Å²) in [5.41, 5.74) is 1.64. The Morgan fingerprint density at radius 3 is 2.45 bits per heavy atom. The minimum atomic E-state index is -0.123. The zero-order valence-corrected chi connectivity index (χ0v) is 13.1. The Labute approximate surface area is 121 Å². The van der Waals surface area contributed by atoms with Crippen molar-refractivity contribution in [1.82, 2.24) is 4.57 Å². The maximum Gasteiger partial charge on any atom is 0.256 e. The van der Waals surface area contributed by atoms with Gasteiger partial charge in [0.25, 0.3) is 5.56 Å². The van der Waals surface area contributed by atoms with Gasteiger partial charge in [-0.2, -0.15) is 0 Å². The van der Waals surface area contributed by atoms with Crippen LogP contribution in [0.4, 0.5) is 5.69 Å². The van der Waals surface area contributed by atoms with Crippen molar-refractivity contribution in [2.45, 2.75) is 59.9 Å². The van der Waals surface area contributed by atoms with Crippen LogP contribution >= 0.6 is 0 Å². The highest BCUT2D eigenvalue weighted by atomic mass is 16.3. The van der Waals surface area contributed by atoms with Gasteiger partial charge in [-0.15, -0.1) is 0 Å². The Morgan fingerprint density at radius 2 is 1.95 bits per heavy atom. The molecule has 1 atom stereocenters. The van der Waals surface area contributed by atoms with Crippen LogP contribution in [0.1, 0.15) is 50.7 Å². The molecule has 4 nitrogen and oxygen atoms in total. The van der Waals surface area contributed by atoms with Crippen molar-refractivity contribution >= 4 is 12.4 Å². The summed E-state index contributed by atoms with van der Waals surface area (Å²) >= 11 is 0. The molecule has 20 heavy (non-hydrogen) atoms. The van der Waals surface area contributed by atoms with Crippen LogP contribution in [0.25, 0.3) is 0 Å². The first-order valence-electron chi connectivity index (χ1n) is 7.37. The van der Waals surface area contributed by atoms with Crippen LogP contribution in [0, 0.1) is 19.8 Å². The van der Waals surface area contributed by atoms with Gasteiger partial charge in [0.15, 0.2) is 0 Å². The molecule has 0 saturated heterocycles. The molecule has 0 aliphatic heterocycles. The fourth-order valence-electron chi connectivity index (χ4n) is 2.47. The zero-order valence-electron chi connectivity index (χ0n) is 13.1. The molecule has 112 valence electrons. The molecule has 0 radical (unpaired) electrons. The van der Waals surface area contributed by atoms with Crippen LogP contribution in [0.2, 0.25) is 0 Å². The number of nitrogens with zero attached hydrogens (tertiary/aromatic N) is 2. The number of aliphatic imine (C=N–C) groups is 1. The summed E-state index contributed by atoms with van der Waals surface area (Å²) in [6, 6.07) is 0. The largest absolute Gasteiger partial charge is 0.493 e. The molecule has 1 aromatic rings. The van der Waals surface area contributed by atoms with Crippen molar-refractivity contribution in [2.24, 2.45) is 10.9 Å². The lowest BCUT2D eigenvalue weighted by Gasteiger charge is -2.19. The smallest absolute Gasteiger partial charge is 0.256 e. The molecule has 0 aliphatic rings. The van der Waals surface area contributed by atoms with Crippen molar-refractivity contribution in [1.29, 1.82) is 0 Å². The molecule has 0 fully saturated rings. The van der Waals surface area contributed by atoms with Gasteiger partial charge >= 0.3 is 0 Å². The van der Waals surface area contributed by atoms with Gasteiger partial charge in [0, 0.05) is 12.1 Å². The first-order chi connectivity index (χ1) is 9.47. The molecule has 1 unspecified atom stereocenters. The maximum absolute atomic E-state index is 12.3. The molecule has 0 spiro atoms. The minimum absolute atomic E-state index is 0.0527. The van der Waals surface area contributed by atoms with Gasteiger partial charge in [0.1, 0.15) is 5.69 Å². The molecule has 4 heteroatoms. The second-order valence-electron chi connectivity index (χ2n) is 5.41. The van der Waals surface area contributed by atoms with E-state index in [0.717, 1.165) is 25.7 Å². The monoisotopic (exact) mass is 278 g/mol. The number of aromatic nitrogens is 1. The lowest BCUT2D eigenvalue weighted by molar-refractivity contribution is 0.340. The molecule has 0 aromatic carbocycles. The summed E-state index contributed by atoms with van der Waals surface area (Å²) in [4.78, 5) is 16.2. The van der Waals surface area contributed by atoms with Gasteiger partial charge in [-0.1, -0.05) is 33.1 Å². The van der Waals surface area contributed by atoms with Gasteiger partial charge in [-0.05, 0) is 38.5 Å². The van der Waals surface area contributed by atoms with Crippen molar-refractivity contribution in [3.63, 3.8) is 0 Å². The summed E-state index contributed by atoms with van der Waals surface area (Å²) in [5.74, 6) is 0.348. The number of hydrogen-bond donors (Lipinski definition) is 1. The Kier molecular flexibility index (Phi) is 5.99. The predicted octanol–water partition coefficient (Wildman–Crippen LogP) is 3.72. The van der Waals surface area contributed by atoms with Gasteiger partial charge in [-0.25, -0.2) is 0 Å². The first-order valence-corrected chi connectivity index (χ1v) is 7.37. The van der Waals surface area contributed by atoms with Crippen LogP contribution < -0.4 is 5.56 Å². The predicted molar refractivity (Wildman–Crippen MR) is 84.4 cm³/mol. The molecule has 0 aliphatic carbocycles. The van der Waals surface area contributed by atoms with Crippen LogP contribution in [0.5, 0.6) is 5.88 Å². The molecule has 1 rings (SSSR count). The molecule has 1 aromatic heterocycles. The SMILES string of the molecule is C=Nc1c(C)c(C)c(=O)n(CC(CC)CCCC)c1O. The molecule has 0 saturated carbocycles. The van der Waals surface area contributed by atoms with Gasteiger partial charge in [0.2, 0.25) is 5.88 Å². The minimum Gasteiger partial charge on any atom is -0.493 e. The number of aromatic hydroxyl groups is 1. The fourth-order valence-corrected chi connectivity index (χ4v) is 2.47. The average molecular weight is 278 g/mol. The third-order valence-corrected chi connectivity index (χ3v) is 4.09. The highest BCUT2D eigenvalue weighted by Gasteiger charge is 2.18. The quantitative estimate of drug-likeness (QED) is 0.773. The third kappa shape index (κ3) is 3.30. The Balaban J connectivity index is 3.21. The van der Waals surface area contributed by atoms with E-state index in [9.17, 15) is 9.90 Å². The van der Waals surface area contributed by atoms with Gasteiger partial charge in [-0.3, -0.25) is 14.4 Å². The molecular weight excluding hydrogens is 252 g/mol. The van der Waals surface area contributed by atoms with Crippen molar-refractivity contribution in [2.75, 3.05) is 0 Å². The molecular formula is C16H26N2O2.